The Balaban J connectivity index is 0.000000444. The quantitative estimate of drug-likeness (QED) is 0.622. The SMILES string of the molecule is C=C(C)C(=O)O[C@H]1C[C@H]2CC[C@@]1(C)C2(C)C.CC(=O)O. The second kappa shape index (κ2) is 5.58. The zero-order valence-electron chi connectivity index (χ0n) is 13.2. The molecule has 0 radical (unpaired) electrons. The third-order valence-electron chi connectivity index (χ3n) is 5.31. The number of hydrogen-bond donors (Lipinski definition) is 1. The first-order valence-corrected chi connectivity index (χ1v) is 7.08. The zero-order valence-corrected chi connectivity index (χ0v) is 13.2. The smallest absolute Gasteiger partial charge is 0.333 e. The van der Waals surface area contributed by atoms with E-state index in [4.69, 9.17) is 14.6 Å². The van der Waals surface area contributed by atoms with E-state index >= 15 is 0 Å². The van der Waals surface area contributed by atoms with Crippen LogP contribution in [0.25, 0.3) is 0 Å². The van der Waals surface area contributed by atoms with E-state index in [1.54, 1.807) is 6.92 Å². The van der Waals surface area contributed by atoms with E-state index < -0.39 is 5.97 Å². The standard InChI is InChI=1S/C14H22O2.C2H4O2/c1-9(2)12(15)16-11-8-10-6-7-14(11,5)13(10,3)4;1-2(3)4/h10-11H,1,6-8H2,2-5H3;1H3,(H,3,4)/t10-,11+,14-;/m1./s1. The number of esters is 1. The van der Waals surface area contributed by atoms with Crippen LogP contribution in [-0.4, -0.2) is 23.1 Å². The van der Waals surface area contributed by atoms with Gasteiger partial charge in [0.05, 0.1) is 0 Å². The third-order valence-corrected chi connectivity index (χ3v) is 5.31. The van der Waals surface area contributed by atoms with Crippen molar-refractivity contribution in [2.45, 2.75) is 60.0 Å². The Morgan fingerprint density at radius 3 is 2.05 bits per heavy atom. The van der Waals surface area contributed by atoms with Crippen LogP contribution in [0, 0.1) is 16.7 Å². The van der Waals surface area contributed by atoms with Gasteiger partial charge in [0, 0.05) is 17.9 Å². The summed E-state index contributed by atoms with van der Waals surface area (Å²) in [5.41, 5.74) is 0.958. The Kier molecular flexibility index (Phi) is 4.67. The van der Waals surface area contributed by atoms with Gasteiger partial charge in [0.15, 0.2) is 0 Å². The van der Waals surface area contributed by atoms with Crippen LogP contribution in [0.4, 0.5) is 0 Å². The molecule has 2 bridgehead atoms. The lowest BCUT2D eigenvalue weighted by Gasteiger charge is -2.38. The van der Waals surface area contributed by atoms with E-state index in [1.807, 2.05) is 0 Å². The molecule has 1 N–H and O–H groups in total. The van der Waals surface area contributed by atoms with Crippen molar-refractivity contribution in [3.63, 3.8) is 0 Å². The average Bonchev–Trinajstić information content (AvgIpc) is 2.61. The van der Waals surface area contributed by atoms with E-state index in [1.165, 1.54) is 12.8 Å². The minimum absolute atomic E-state index is 0.0884. The predicted molar refractivity (Wildman–Crippen MR) is 77.2 cm³/mol. The van der Waals surface area contributed by atoms with Gasteiger partial charge in [-0.1, -0.05) is 27.4 Å². The largest absolute Gasteiger partial charge is 0.481 e. The molecule has 20 heavy (non-hydrogen) atoms. The van der Waals surface area contributed by atoms with Gasteiger partial charge in [-0.15, -0.1) is 0 Å². The first kappa shape index (κ1) is 16.7. The van der Waals surface area contributed by atoms with Gasteiger partial charge in [-0.05, 0) is 37.5 Å². The maximum Gasteiger partial charge on any atom is 0.333 e. The Morgan fingerprint density at radius 1 is 1.25 bits per heavy atom. The molecular weight excluding hydrogens is 256 g/mol. The molecule has 0 aliphatic heterocycles. The van der Waals surface area contributed by atoms with Crippen LogP contribution in [0.5, 0.6) is 0 Å². The Hall–Kier alpha value is -1.32. The highest BCUT2D eigenvalue weighted by molar-refractivity contribution is 5.87. The van der Waals surface area contributed by atoms with Crippen LogP contribution >= 0.6 is 0 Å². The van der Waals surface area contributed by atoms with Gasteiger partial charge >= 0.3 is 5.97 Å². The van der Waals surface area contributed by atoms with Crippen molar-refractivity contribution in [2.75, 3.05) is 0 Å². The summed E-state index contributed by atoms with van der Waals surface area (Å²) in [5.74, 6) is -0.352. The summed E-state index contributed by atoms with van der Waals surface area (Å²) in [6.45, 7) is 13.3. The molecule has 0 aromatic carbocycles. The van der Waals surface area contributed by atoms with Crippen molar-refractivity contribution in [2.24, 2.45) is 16.7 Å². The van der Waals surface area contributed by atoms with Gasteiger partial charge in [-0.2, -0.15) is 0 Å². The van der Waals surface area contributed by atoms with E-state index in [0.29, 0.717) is 16.9 Å². The molecule has 0 spiro atoms. The number of fused-ring (bicyclic) bond motifs is 2. The number of aliphatic carboxylic acids is 1. The number of carboxylic acids is 1. The fraction of sp³-hybridized carbons (Fsp3) is 0.750. The summed E-state index contributed by atoms with van der Waals surface area (Å²) in [6, 6.07) is 0. The molecule has 0 amide bonds. The maximum atomic E-state index is 11.6. The highest BCUT2D eigenvalue weighted by atomic mass is 16.5. The van der Waals surface area contributed by atoms with Gasteiger partial charge in [0.2, 0.25) is 0 Å². The summed E-state index contributed by atoms with van der Waals surface area (Å²) in [5, 5.41) is 7.42. The number of carbonyl (C=O) groups excluding carboxylic acids is 1. The van der Waals surface area contributed by atoms with Crippen LogP contribution in [0.15, 0.2) is 12.2 Å². The fourth-order valence-electron chi connectivity index (χ4n) is 3.54. The van der Waals surface area contributed by atoms with E-state index in [-0.39, 0.29) is 17.5 Å². The number of carboxylic acid groups (broad SMARTS) is 1. The number of hydrogen-bond acceptors (Lipinski definition) is 3. The molecule has 2 aliphatic carbocycles. The molecule has 0 saturated heterocycles. The maximum absolute atomic E-state index is 11.6. The molecule has 2 aliphatic rings. The molecule has 2 rings (SSSR count). The van der Waals surface area contributed by atoms with Crippen LogP contribution in [0.2, 0.25) is 0 Å². The fourth-order valence-corrected chi connectivity index (χ4v) is 3.54. The lowest BCUT2D eigenvalue weighted by molar-refractivity contribution is -0.151. The highest BCUT2D eigenvalue weighted by Crippen LogP contribution is 2.66. The molecule has 0 heterocycles. The Labute approximate surface area is 121 Å². The second-order valence-corrected chi connectivity index (χ2v) is 6.80. The van der Waals surface area contributed by atoms with Gasteiger partial charge in [-0.25, -0.2) is 4.79 Å². The number of ether oxygens (including phenoxy) is 1. The monoisotopic (exact) mass is 282 g/mol. The van der Waals surface area contributed by atoms with Crippen molar-refractivity contribution in [1.29, 1.82) is 0 Å². The van der Waals surface area contributed by atoms with Crippen molar-refractivity contribution in [1.82, 2.24) is 0 Å². The average molecular weight is 282 g/mol. The van der Waals surface area contributed by atoms with Crippen LogP contribution < -0.4 is 0 Å². The highest BCUT2D eigenvalue weighted by Gasteiger charge is 2.62. The summed E-state index contributed by atoms with van der Waals surface area (Å²) >= 11 is 0. The zero-order chi connectivity index (χ0) is 15.7. The van der Waals surface area contributed by atoms with Crippen LogP contribution in [-0.2, 0) is 14.3 Å². The number of carbonyl (C=O) groups is 2. The van der Waals surface area contributed by atoms with Gasteiger partial charge < -0.3 is 9.84 Å². The van der Waals surface area contributed by atoms with E-state index in [0.717, 1.165) is 13.3 Å². The molecule has 4 heteroatoms. The molecule has 4 nitrogen and oxygen atoms in total. The lowest BCUT2D eigenvalue weighted by atomic mass is 9.70. The van der Waals surface area contributed by atoms with Crippen molar-refractivity contribution in [3.8, 4) is 0 Å². The van der Waals surface area contributed by atoms with Gasteiger partial charge in [0.25, 0.3) is 5.97 Å². The molecule has 3 atom stereocenters. The van der Waals surface area contributed by atoms with Crippen molar-refractivity contribution in [3.05, 3.63) is 12.2 Å². The lowest BCUT2D eigenvalue weighted by Crippen LogP contribution is -2.38. The van der Waals surface area contributed by atoms with Crippen molar-refractivity contribution >= 4 is 11.9 Å². The van der Waals surface area contributed by atoms with Gasteiger partial charge in [0.1, 0.15) is 6.10 Å². The molecule has 0 aromatic rings. The Bertz CT molecular complexity index is 420. The Morgan fingerprint density at radius 2 is 1.75 bits per heavy atom. The molecule has 2 saturated carbocycles. The van der Waals surface area contributed by atoms with Crippen molar-refractivity contribution < 1.29 is 19.4 Å². The first-order chi connectivity index (χ1) is 9.02. The summed E-state index contributed by atoms with van der Waals surface area (Å²) in [7, 11) is 0. The van der Waals surface area contributed by atoms with E-state index in [9.17, 15) is 4.79 Å². The molecule has 2 fully saturated rings. The summed E-state index contributed by atoms with van der Waals surface area (Å²) < 4.78 is 5.61. The molecule has 114 valence electrons. The third kappa shape index (κ3) is 2.89. The summed E-state index contributed by atoms with van der Waals surface area (Å²) in [4.78, 5) is 20.6. The van der Waals surface area contributed by atoms with Crippen LogP contribution in [0.1, 0.15) is 53.9 Å². The molecule has 0 aromatic heterocycles. The first-order valence-electron chi connectivity index (χ1n) is 7.08. The minimum Gasteiger partial charge on any atom is -0.481 e. The second-order valence-electron chi connectivity index (χ2n) is 6.80. The topological polar surface area (TPSA) is 63.6 Å². The summed E-state index contributed by atoms with van der Waals surface area (Å²) in [6.07, 6.45) is 3.58. The predicted octanol–water partition coefficient (Wildman–Crippen LogP) is 3.41. The number of rotatable bonds is 2. The van der Waals surface area contributed by atoms with E-state index in [2.05, 4.69) is 27.4 Å². The molecule has 0 unspecified atom stereocenters. The molecular formula is C16H26O4. The normalized spacial score (nSPS) is 33.0. The van der Waals surface area contributed by atoms with Gasteiger partial charge in [-0.3, -0.25) is 4.79 Å². The van der Waals surface area contributed by atoms with Crippen LogP contribution in [0.3, 0.4) is 0 Å². The minimum atomic E-state index is -0.833.